The van der Waals surface area contributed by atoms with E-state index in [4.69, 9.17) is 0 Å². The van der Waals surface area contributed by atoms with Gasteiger partial charge in [-0.1, -0.05) is 78.6 Å². The highest BCUT2D eigenvalue weighted by molar-refractivity contribution is 5.49. The molecule has 0 rings (SSSR count). The Balaban J connectivity index is -0.000000278. The van der Waals surface area contributed by atoms with Gasteiger partial charge in [-0.3, -0.25) is 0 Å². The van der Waals surface area contributed by atoms with Crippen LogP contribution in [0.1, 0.15) is 117 Å². The van der Waals surface area contributed by atoms with E-state index in [2.05, 4.69) is 20.8 Å². The van der Waals surface area contributed by atoms with Gasteiger partial charge in [0.1, 0.15) is 18.9 Å². The zero-order chi connectivity index (χ0) is 18.7. The van der Waals surface area contributed by atoms with Crippen LogP contribution in [0.3, 0.4) is 0 Å². The second-order valence-corrected chi connectivity index (χ2v) is 6.05. The zero-order valence-corrected chi connectivity index (χ0v) is 16.6. The van der Waals surface area contributed by atoms with E-state index in [0.29, 0.717) is 0 Å². The molecule has 0 bridgehead atoms. The lowest BCUT2D eigenvalue weighted by Crippen LogP contribution is -1.78. The molecule has 3 heteroatoms. The predicted molar refractivity (Wildman–Crippen MR) is 104 cm³/mol. The van der Waals surface area contributed by atoms with Gasteiger partial charge in [0.05, 0.1) is 0 Å². The molecule has 0 unspecified atom stereocenters. The zero-order valence-electron chi connectivity index (χ0n) is 16.6. The van der Waals surface area contributed by atoms with Crippen LogP contribution >= 0.6 is 0 Å². The Morgan fingerprint density at radius 1 is 0.417 bits per heavy atom. The molecular formula is C21H42O3. The van der Waals surface area contributed by atoms with Crippen molar-refractivity contribution < 1.29 is 14.4 Å². The predicted octanol–water partition coefficient (Wildman–Crippen LogP) is 6.47. The third-order valence-corrected chi connectivity index (χ3v) is 3.53. The molecule has 0 aliphatic rings. The van der Waals surface area contributed by atoms with E-state index in [-0.39, 0.29) is 0 Å². The number of unbranched alkanes of at least 4 members (excludes halogenated alkanes) is 12. The lowest BCUT2D eigenvalue weighted by atomic mass is 10.1. The minimum Gasteiger partial charge on any atom is -0.303 e. The Labute approximate surface area is 151 Å². The van der Waals surface area contributed by atoms with Crippen molar-refractivity contribution in [3.63, 3.8) is 0 Å². The standard InChI is InChI=1S/C8H16O.C7H14O.C6H12O/c1-2-3-4-5-6-7-8-9;1-2-3-4-5-6-7-8;1-2-3-4-5-6-7/h8H,2-7H2,1H3;7H,2-6H2,1H3;6H,2-5H2,1H3. The van der Waals surface area contributed by atoms with Gasteiger partial charge >= 0.3 is 0 Å². The molecule has 0 atom stereocenters. The lowest BCUT2D eigenvalue weighted by molar-refractivity contribution is -0.108. The maximum atomic E-state index is 9.84. The molecule has 24 heavy (non-hydrogen) atoms. The van der Waals surface area contributed by atoms with Crippen LogP contribution in [-0.2, 0) is 14.4 Å². The van der Waals surface area contributed by atoms with Crippen molar-refractivity contribution in [3.05, 3.63) is 0 Å². The summed E-state index contributed by atoms with van der Waals surface area (Å²) >= 11 is 0. The number of aldehydes is 3. The Hall–Kier alpha value is -0.990. The van der Waals surface area contributed by atoms with Crippen LogP contribution in [0.25, 0.3) is 0 Å². The summed E-state index contributed by atoms with van der Waals surface area (Å²) in [5, 5.41) is 0. The second kappa shape index (κ2) is 33.6. The highest BCUT2D eigenvalue weighted by Crippen LogP contribution is 2.03. The fraction of sp³-hybridized carbons (Fsp3) is 0.857. The normalized spacial score (nSPS) is 9.12. The number of hydrogen-bond acceptors (Lipinski definition) is 3. The van der Waals surface area contributed by atoms with Gasteiger partial charge in [-0.15, -0.1) is 0 Å². The van der Waals surface area contributed by atoms with Gasteiger partial charge in [-0.25, -0.2) is 0 Å². The quantitative estimate of drug-likeness (QED) is 0.253. The molecule has 0 radical (unpaired) electrons. The van der Waals surface area contributed by atoms with E-state index in [1.54, 1.807) is 0 Å². The molecule has 0 aromatic heterocycles. The smallest absolute Gasteiger partial charge is 0.119 e. The fourth-order valence-electron chi connectivity index (χ4n) is 1.96. The third kappa shape index (κ3) is 42.9. The van der Waals surface area contributed by atoms with Crippen LogP contribution in [0.5, 0.6) is 0 Å². The van der Waals surface area contributed by atoms with Crippen LogP contribution in [0, 0.1) is 0 Å². The summed E-state index contributed by atoms with van der Waals surface area (Å²) in [6.07, 6.45) is 19.7. The van der Waals surface area contributed by atoms with E-state index in [1.807, 2.05) is 0 Å². The van der Waals surface area contributed by atoms with Crippen molar-refractivity contribution in [1.29, 1.82) is 0 Å². The topological polar surface area (TPSA) is 51.2 Å². The summed E-state index contributed by atoms with van der Waals surface area (Å²) in [6.45, 7) is 6.49. The van der Waals surface area contributed by atoms with E-state index < -0.39 is 0 Å². The third-order valence-electron chi connectivity index (χ3n) is 3.53. The van der Waals surface area contributed by atoms with E-state index in [1.165, 1.54) is 57.8 Å². The molecule has 3 nitrogen and oxygen atoms in total. The summed E-state index contributed by atoms with van der Waals surface area (Å²) in [6, 6.07) is 0. The van der Waals surface area contributed by atoms with E-state index in [0.717, 1.165) is 57.4 Å². The minimum atomic E-state index is 0.744. The van der Waals surface area contributed by atoms with Crippen molar-refractivity contribution in [2.24, 2.45) is 0 Å². The first kappa shape index (κ1) is 27.8. The minimum absolute atomic E-state index is 0.744. The molecule has 0 amide bonds. The molecule has 0 fully saturated rings. The fourth-order valence-corrected chi connectivity index (χ4v) is 1.96. The molecule has 0 spiro atoms. The van der Waals surface area contributed by atoms with Gasteiger partial charge in [0.2, 0.25) is 0 Å². The average Bonchev–Trinajstić information content (AvgIpc) is 2.60. The van der Waals surface area contributed by atoms with Crippen molar-refractivity contribution in [2.75, 3.05) is 0 Å². The summed E-state index contributed by atoms with van der Waals surface area (Å²) in [5.41, 5.74) is 0. The molecule has 0 aliphatic carbocycles. The Kier molecular flexibility index (Phi) is 39.0. The monoisotopic (exact) mass is 342 g/mol. The Morgan fingerprint density at radius 3 is 1.00 bits per heavy atom. The molecule has 144 valence electrons. The summed E-state index contributed by atoms with van der Waals surface area (Å²) in [5.74, 6) is 0. The number of carbonyl (C=O) groups is 3. The first-order chi connectivity index (χ1) is 11.7. The van der Waals surface area contributed by atoms with Gasteiger partial charge in [0.25, 0.3) is 0 Å². The summed E-state index contributed by atoms with van der Waals surface area (Å²) < 4.78 is 0. The highest BCUT2D eigenvalue weighted by atomic mass is 16.1. The molecule has 0 heterocycles. The van der Waals surface area contributed by atoms with Crippen LogP contribution in [0.2, 0.25) is 0 Å². The number of hydrogen-bond donors (Lipinski definition) is 0. The van der Waals surface area contributed by atoms with Gasteiger partial charge in [-0.05, 0) is 19.3 Å². The van der Waals surface area contributed by atoms with Crippen molar-refractivity contribution in [2.45, 2.75) is 117 Å². The first-order valence-electron chi connectivity index (χ1n) is 10.1. The van der Waals surface area contributed by atoms with Gasteiger partial charge in [0.15, 0.2) is 0 Å². The largest absolute Gasteiger partial charge is 0.303 e. The SMILES string of the molecule is CCCCCC=O.CCCCCCC=O.CCCCCCCC=O. The molecule has 0 N–H and O–H groups in total. The Morgan fingerprint density at radius 2 is 0.667 bits per heavy atom. The van der Waals surface area contributed by atoms with E-state index >= 15 is 0 Å². The molecule has 0 aromatic rings. The molecule has 0 aromatic carbocycles. The Bertz CT molecular complexity index is 227. The average molecular weight is 343 g/mol. The van der Waals surface area contributed by atoms with Crippen LogP contribution in [0.4, 0.5) is 0 Å². The number of rotatable bonds is 15. The number of carbonyl (C=O) groups excluding carboxylic acids is 3. The van der Waals surface area contributed by atoms with Crippen molar-refractivity contribution in [3.8, 4) is 0 Å². The van der Waals surface area contributed by atoms with Gasteiger partial charge in [0, 0.05) is 19.3 Å². The van der Waals surface area contributed by atoms with Crippen LogP contribution < -0.4 is 0 Å². The lowest BCUT2D eigenvalue weighted by Gasteiger charge is -1.93. The van der Waals surface area contributed by atoms with Crippen LogP contribution in [-0.4, -0.2) is 18.9 Å². The summed E-state index contributed by atoms with van der Waals surface area (Å²) in [4.78, 5) is 29.3. The molecular weight excluding hydrogens is 300 g/mol. The van der Waals surface area contributed by atoms with E-state index in [9.17, 15) is 14.4 Å². The highest BCUT2D eigenvalue weighted by Gasteiger charge is 1.86. The maximum Gasteiger partial charge on any atom is 0.119 e. The molecule has 0 aliphatic heterocycles. The van der Waals surface area contributed by atoms with Crippen LogP contribution in [0.15, 0.2) is 0 Å². The molecule has 0 saturated heterocycles. The maximum absolute atomic E-state index is 9.84. The van der Waals surface area contributed by atoms with Gasteiger partial charge < -0.3 is 14.4 Å². The summed E-state index contributed by atoms with van der Waals surface area (Å²) in [7, 11) is 0. The van der Waals surface area contributed by atoms with Gasteiger partial charge in [-0.2, -0.15) is 0 Å². The first-order valence-corrected chi connectivity index (χ1v) is 10.1. The molecule has 0 saturated carbocycles. The second-order valence-electron chi connectivity index (χ2n) is 6.05. The van der Waals surface area contributed by atoms with Crippen molar-refractivity contribution in [1.82, 2.24) is 0 Å². The van der Waals surface area contributed by atoms with Crippen molar-refractivity contribution >= 4 is 18.9 Å².